The van der Waals surface area contributed by atoms with Gasteiger partial charge in [0.15, 0.2) is 0 Å². The minimum absolute atomic E-state index is 0.110. The number of aryl methyl sites for hydroxylation is 2. The van der Waals surface area contributed by atoms with Crippen LogP contribution in [0.25, 0.3) is 0 Å². The molecule has 0 aromatic heterocycles. The number of amides is 1. The van der Waals surface area contributed by atoms with Crippen molar-refractivity contribution in [2.45, 2.75) is 31.7 Å². The van der Waals surface area contributed by atoms with Gasteiger partial charge in [0, 0.05) is 5.02 Å². The van der Waals surface area contributed by atoms with Gasteiger partial charge in [-0.3, -0.25) is 9.10 Å². The zero-order chi connectivity index (χ0) is 24.2. The SMILES string of the molecule is COc1ccc(C(C)NC(=O)CN(c2ccc(Cl)cc2C)S(=O)(=O)c2ccc(C)cc2)cc1. The van der Waals surface area contributed by atoms with Crippen molar-refractivity contribution in [1.29, 1.82) is 0 Å². The molecule has 1 amide bonds. The molecule has 1 atom stereocenters. The van der Waals surface area contributed by atoms with Gasteiger partial charge in [0.25, 0.3) is 10.0 Å². The Morgan fingerprint density at radius 3 is 2.24 bits per heavy atom. The molecule has 0 heterocycles. The second-order valence-corrected chi connectivity index (χ2v) is 10.1. The highest BCUT2D eigenvalue weighted by Gasteiger charge is 2.28. The van der Waals surface area contributed by atoms with Crippen molar-refractivity contribution in [3.63, 3.8) is 0 Å². The van der Waals surface area contributed by atoms with E-state index in [1.54, 1.807) is 56.5 Å². The molecule has 0 saturated heterocycles. The highest BCUT2D eigenvalue weighted by Crippen LogP contribution is 2.29. The first-order chi connectivity index (χ1) is 15.6. The smallest absolute Gasteiger partial charge is 0.264 e. The van der Waals surface area contributed by atoms with E-state index in [0.29, 0.717) is 22.0 Å². The Hall–Kier alpha value is -3.03. The van der Waals surface area contributed by atoms with E-state index < -0.39 is 15.9 Å². The summed E-state index contributed by atoms with van der Waals surface area (Å²) in [6.07, 6.45) is 0. The molecule has 0 saturated carbocycles. The summed E-state index contributed by atoms with van der Waals surface area (Å²) in [6, 6.07) is 18.4. The number of anilines is 1. The number of hydrogen-bond donors (Lipinski definition) is 1. The Balaban J connectivity index is 1.90. The first-order valence-electron chi connectivity index (χ1n) is 10.4. The number of carbonyl (C=O) groups is 1. The maximum atomic E-state index is 13.5. The Kier molecular flexibility index (Phi) is 7.66. The maximum absolute atomic E-state index is 13.5. The first kappa shape index (κ1) is 24.6. The van der Waals surface area contributed by atoms with Crippen LogP contribution in [-0.2, 0) is 14.8 Å². The highest BCUT2D eigenvalue weighted by atomic mass is 35.5. The van der Waals surface area contributed by atoms with Crippen LogP contribution in [0.3, 0.4) is 0 Å². The van der Waals surface area contributed by atoms with E-state index in [4.69, 9.17) is 16.3 Å². The number of methoxy groups -OCH3 is 1. The van der Waals surface area contributed by atoms with E-state index in [1.807, 2.05) is 38.1 Å². The number of rotatable bonds is 8. The molecular weight excluding hydrogens is 460 g/mol. The molecule has 33 heavy (non-hydrogen) atoms. The van der Waals surface area contributed by atoms with Crippen molar-refractivity contribution in [2.24, 2.45) is 0 Å². The van der Waals surface area contributed by atoms with Crippen molar-refractivity contribution in [3.8, 4) is 5.75 Å². The molecule has 0 aliphatic heterocycles. The molecule has 0 fully saturated rings. The second kappa shape index (κ2) is 10.3. The Morgan fingerprint density at radius 2 is 1.67 bits per heavy atom. The van der Waals surface area contributed by atoms with Crippen LogP contribution < -0.4 is 14.4 Å². The van der Waals surface area contributed by atoms with Gasteiger partial charge >= 0.3 is 0 Å². The highest BCUT2D eigenvalue weighted by molar-refractivity contribution is 7.92. The maximum Gasteiger partial charge on any atom is 0.264 e. The quantitative estimate of drug-likeness (QED) is 0.484. The van der Waals surface area contributed by atoms with E-state index in [2.05, 4.69) is 5.32 Å². The Labute approximate surface area is 200 Å². The normalized spacial score (nSPS) is 12.2. The zero-order valence-corrected chi connectivity index (χ0v) is 20.6. The lowest BCUT2D eigenvalue weighted by molar-refractivity contribution is -0.120. The van der Waals surface area contributed by atoms with Gasteiger partial charge in [-0.25, -0.2) is 8.42 Å². The summed E-state index contributed by atoms with van der Waals surface area (Å²) in [5.74, 6) is 0.286. The van der Waals surface area contributed by atoms with Crippen molar-refractivity contribution in [2.75, 3.05) is 18.0 Å². The third-order valence-electron chi connectivity index (χ3n) is 5.32. The molecule has 1 unspecified atom stereocenters. The summed E-state index contributed by atoms with van der Waals surface area (Å²) in [4.78, 5) is 13.1. The molecule has 174 valence electrons. The predicted molar refractivity (Wildman–Crippen MR) is 131 cm³/mol. The Bertz CT molecular complexity index is 1230. The standard InChI is InChI=1S/C25H27ClN2O4S/c1-17-5-12-23(13-6-17)33(30,31)28(24-14-9-21(26)15-18(24)2)16-25(29)27-19(3)20-7-10-22(32-4)11-8-20/h5-15,19H,16H2,1-4H3,(H,27,29). The van der Waals surface area contributed by atoms with Crippen LogP contribution in [0.15, 0.2) is 71.6 Å². The lowest BCUT2D eigenvalue weighted by Crippen LogP contribution is -2.41. The Morgan fingerprint density at radius 1 is 1.03 bits per heavy atom. The zero-order valence-electron chi connectivity index (χ0n) is 19.0. The average Bonchev–Trinajstić information content (AvgIpc) is 2.78. The van der Waals surface area contributed by atoms with Crippen LogP contribution >= 0.6 is 11.6 Å². The average molecular weight is 487 g/mol. The lowest BCUT2D eigenvalue weighted by atomic mass is 10.1. The topological polar surface area (TPSA) is 75.7 Å². The van der Waals surface area contributed by atoms with E-state index in [0.717, 1.165) is 15.4 Å². The van der Waals surface area contributed by atoms with Gasteiger partial charge in [0.1, 0.15) is 12.3 Å². The first-order valence-corrected chi connectivity index (χ1v) is 12.2. The van der Waals surface area contributed by atoms with Gasteiger partial charge in [-0.2, -0.15) is 0 Å². The number of nitrogens with zero attached hydrogens (tertiary/aromatic N) is 1. The van der Waals surface area contributed by atoms with E-state index in [-0.39, 0.29) is 17.5 Å². The molecule has 0 aliphatic carbocycles. The molecular formula is C25H27ClN2O4S. The molecule has 6 nitrogen and oxygen atoms in total. The third kappa shape index (κ3) is 5.86. The molecule has 3 aromatic carbocycles. The molecule has 3 aromatic rings. The summed E-state index contributed by atoms with van der Waals surface area (Å²) in [6.45, 7) is 5.10. The van der Waals surface area contributed by atoms with Gasteiger partial charge in [-0.05, 0) is 74.4 Å². The minimum atomic E-state index is -4.00. The number of halogens is 1. The number of ether oxygens (including phenoxy) is 1. The third-order valence-corrected chi connectivity index (χ3v) is 7.33. The summed E-state index contributed by atoms with van der Waals surface area (Å²) >= 11 is 6.08. The molecule has 0 bridgehead atoms. The van der Waals surface area contributed by atoms with Gasteiger partial charge in [0.05, 0.1) is 23.7 Å². The molecule has 0 aliphatic rings. The number of carbonyl (C=O) groups excluding carboxylic acids is 1. The molecule has 0 spiro atoms. The number of sulfonamides is 1. The number of benzene rings is 3. The summed E-state index contributed by atoms with van der Waals surface area (Å²) in [7, 11) is -2.41. The largest absolute Gasteiger partial charge is 0.497 e. The van der Waals surface area contributed by atoms with Gasteiger partial charge in [-0.1, -0.05) is 41.4 Å². The molecule has 3 rings (SSSR count). The van der Waals surface area contributed by atoms with E-state index in [9.17, 15) is 13.2 Å². The summed E-state index contributed by atoms with van der Waals surface area (Å²) in [5.41, 5.74) is 2.86. The van der Waals surface area contributed by atoms with Gasteiger partial charge < -0.3 is 10.1 Å². The van der Waals surface area contributed by atoms with Crippen molar-refractivity contribution in [3.05, 3.63) is 88.4 Å². The van der Waals surface area contributed by atoms with Crippen LogP contribution in [0.2, 0.25) is 5.02 Å². The van der Waals surface area contributed by atoms with Gasteiger partial charge in [-0.15, -0.1) is 0 Å². The van der Waals surface area contributed by atoms with Crippen LogP contribution in [0.1, 0.15) is 29.7 Å². The minimum Gasteiger partial charge on any atom is -0.497 e. The van der Waals surface area contributed by atoms with Crippen molar-refractivity contribution < 1.29 is 17.9 Å². The van der Waals surface area contributed by atoms with Gasteiger partial charge in [0.2, 0.25) is 5.91 Å². The van der Waals surface area contributed by atoms with E-state index in [1.165, 1.54) is 0 Å². The predicted octanol–water partition coefficient (Wildman–Crippen LogP) is 5.04. The van der Waals surface area contributed by atoms with E-state index >= 15 is 0 Å². The fourth-order valence-corrected chi connectivity index (χ4v) is 5.14. The van der Waals surface area contributed by atoms with Crippen LogP contribution in [0.4, 0.5) is 5.69 Å². The number of nitrogens with one attached hydrogen (secondary N) is 1. The number of hydrogen-bond acceptors (Lipinski definition) is 4. The summed E-state index contributed by atoms with van der Waals surface area (Å²) in [5, 5.41) is 3.37. The van der Waals surface area contributed by atoms with Crippen LogP contribution in [0.5, 0.6) is 5.75 Å². The fraction of sp³-hybridized carbons (Fsp3) is 0.240. The second-order valence-electron chi connectivity index (χ2n) is 7.82. The molecule has 1 N–H and O–H groups in total. The van der Waals surface area contributed by atoms with Crippen LogP contribution in [-0.4, -0.2) is 28.0 Å². The van der Waals surface area contributed by atoms with Crippen LogP contribution in [0, 0.1) is 13.8 Å². The molecule has 0 radical (unpaired) electrons. The summed E-state index contributed by atoms with van der Waals surface area (Å²) < 4.78 is 33.4. The lowest BCUT2D eigenvalue weighted by Gasteiger charge is -2.26. The monoisotopic (exact) mass is 486 g/mol. The fourth-order valence-electron chi connectivity index (χ4n) is 3.43. The van der Waals surface area contributed by atoms with Crippen molar-refractivity contribution in [1.82, 2.24) is 5.32 Å². The molecule has 8 heteroatoms. The van der Waals surface area contributed by atoms with Crippen molar-refractivity contribution >= 4 is 33.2 Å².